The van der Waals surface area contributed by atoms with Crippen LogP contribution in [0.1, 0.15) is 45.5 Å². The van der Waals surface area contributed by atoms with E-state index in [2.05, 4.69) is 10.1 Å². The molecule has 1 aliphatic rings. The number of carbonyl (C=O) groups is 1. The molecule has 0 atom stereocenters. The van der Waals surface area contributed by atoms with Crippen LogP contribution in [-0.2, 0) is 14.8 Å². The molecule has 1 saturated heterocycles. The van der Waals surface area contributed by atoms with E-state index in [0.29, 0.717) is 37.6 Å². The van der Waals surface area contributed by atoms with Crippen molar-refractivity contribution < 1.29 is 22.3 Å². The van der Waals surface area contributed by atoms with Crippen molar-refractivity contribution in [3.8, 4) is 11.4 Å². The van der Waals surface area contributed by atoms with Crippen molar-refractivity contribution in [2.24, 2.45) is 5.14 Å². The van der Waals surface area contributed by atoms with Crippen LogP contribution in [0.5, 0.6) is 0 Å². The highest BCUT2D eigenvalue weighted by Crippen LogP contribution is 2.30. The molecule has 11 heteroatoms. The van der Waals surface area contributed by atoms with Crippen LogP contribution in [-0.4, -0.2) is 52.9 Å². The van der Waals surface area contributed by atoms with Gasteiger partial charge in [0.25, 0.3) is 0 Å². The summed E-state index contributed by atoms with van der Waals surface area (Å²) < 4.78 is 44.5. The molecule has 1 amide bonds. The minimum absolute atomic E-state index is 0.0823. The number of sulfonamides is 1. The molecule has 0 aliphatic carbocycles. The number of halogens is 1. The van der Waals surface area contributed by atoms with E-state index in [1.54, 1.807) is 16.5 Å². The van der Waals surface area contributed by atoms with Gasteiger partial charge in [0.1, 0.15) is 17.2 Å². The van der Waals surface area contributed by atoms with Gasteiger partial charge in [0, 0.05) is 18.7 Å². The highest BCUT2D eigenvalue weighted by molar-refractivity contribution is 7.89. The van der Waals surface area contributed by atoms with Crippen LogP contribution < -0.4 is 5.14 Å². The van der Waals surface area contributed by atoms with Crippen molar-refractivity contribution in [1.82, 2.24) is 19.7 Å². The number of aromatic nitrogens is 3. The monoisotopic (exact) mass is 439 g/mol. The smallest absolute Gasteiger partial charge is 0.410 e. The maximum absolute atomic E-state index is 14.1. The number of piperidine rings is 1. The minimum atomic E-state index is -4.07. The Balaban J connectivity index is 1.84. The predicted molar refractivity (Wildman–Crippen MR) is 108 cm³/mol. The first kappa shape index (κ1) is 22.2. The van der Waals surface area contributed by atoms with Crippen molar-refractivity contribution in [3.63, 3.8) is 0 Å². The van der Waals surface area contributed by atoms with Crippen LogP contribution >= 0.6 is 0 Å². The summed E-state index contributed by atoms with van der Waals surface area (Å²) in [7, 11) is -4.07. The van der Waals surface area contributed by atoms with Crippen LogP contribution in [0.4, 0.5) is 9.18 Å². The SMILES string of the molecule is Cc1nc(-c2cc(F)cc(S(N)(=O)=O)c2)n(C2CCN(C(=O)OC(C)(C)C)CC2)n1. The number of amides is 1. The average molecular weight is 440 g/mol. The Hall–Kier alpha value is -2.53. The van der Waals surface area contributed by atoms with Crippen molar-refractivity contribution in [2.75, 3.05) is 13.1 Å². The Morgan fingerprint density at radius 1 is 1.23 bits per heavy atom. The lowest BCUT2D eigenvalue weighted by Gasteiger charge is -2.33. The van der Waals surface area contributed by atoms with E-state index in [1.807, 2.05) is 20.8 Å². The van der Waals surface area contributed by atoms with Gasteiger partial charge < -0.3 is 9.64 Å². The van der Waals surface area contributed by atoms with Gasteiger partial charge in [-0.05, 0) is 58.7 Å². The number of rotatable bonds is 3. The fourth-order valence-electron chi connectivity index (χ4n) is 3.36. The number of benzene rings is 1. The zero-order chi connectivity index (χ0) is 22.3. The molecule has 0 spiro atoms. The van der Waals surface area contributed by atoms with Gasteiger partial charge in [0.15, 0.2) is 5.82 Å². The molecular formula is C19H26FN5O4S. The zero-order valence-electron chi connectivity index (χ0n) is 17.4. The summed E-state index contributed by atoms with van der Waals surface area (Å²) in [6, 6.07) is 3.27. The number of nitrogens with zero attached hydrogens (tertiary/aromatic N) is 4. The summed E-state index contributed by atoms with van der Waals surface area (Å²) >= 11 is 0. The largest absolute Gasteiger partial charge is 0.444 e. The van der Waals surface area contributed by atoms with Gasteiger partial charge in [-0.2, -0.15) is 5.10 Å². The lowest BCUT2D eigenvalue weighted by atomic mass is 10.0. The van der Waals surface area contributed by atoms with Gasteiger partial charge in [-0.1, -0.05) is 0 Å². The second-order valence-corrected chi connectivity index (χ2v) is 9.91. The van der Waals surface area contributed by atoms with Gasteiger partial charge >= 0.3 is 6.09 Å². The standard InChI is InChI=1S/C19H26FN5O4S/c1-12-22-17(13-9-14(20)11-16(10-13)30(21,27)28)25(23-12)15-5-7-24(8-6-15)18(26)29-19(2,3)4/h9-11,15H,5-8H2,1-4H3,(H2,21,27,28). The minimum Gasteiger partial charge on any atom is -0.444 e. The van der Waals surface area contributed by atoms with Gasteiger partial charge in [0.2, 0.25) is 10.0 Å². The highest BCUT2D eigenvalue weighted by atomic mass is 32.2. The molecule has 1 aromatic heterocycles. The molecule has 0 radical (unpaired) electrons. The first-order chi connectivity index (χ1) is 13.8. The summed E-state index contributed by atoms with van der Waals surface area (Å²) in [5.74, 6) is 0.0945. The number of ether oxygens (including phenoxy) is 1. The number of hydrogen-bond donors (Lipinski definition) is 1. The van der Waals surface area contributed by atoms with Crippen molar-refractivity contribution >= 4 is 16.1 Å². The van der Waals surface area contributed by atoms with Crippen LogP contribution in [0, 0.1) is 12.7 Å². The summed E-state index contributed by atoms with van der Waals surface area (Å²) in [5, 5.41) is 9.59. The van der Waals surface area contributed by atoms with Gasteiger partial charge in [-0.3, -0.25) is 0 Å². The zero-order valence-corrected chi connectivity index (χ0v) is 18.2. The van der Waals surface area contributed by atoms with Crippen molar-refractivity contribution in [1.29, 1.82) is 0 Å². The Labute approximate surface area is 175 Å². The maximum atomic E-state index is 14.1. The quantitative estimate of drug-likeness (QED) is 0.785. The first-order valence-corrected chi connectivity index (χ1v) is 11.1. The van der Waals surface area contributed by atoms with Crippen molar-refractivity contribution in [3.05, 3.63) is 29.8 Å². The normalized spacial score (nSPS) is 16.0. The first-order valence-electron chi connectivity index (χ1n) is 9.58. The van der Waals surface area contributed by atoms with E-state index in [0.717, 1.165) is 6.07 Å². The van der Waals surface area contributed by atoms with Gasteiger partial charge in [-0.15, -0.1) is 0 Å². The maximum Gasteiger partial charge on any atom is 0.410 e. The fraction of sp³-hybridized carbons (Fsp3) is 0.526. The highest BCUT2D eigenvalue weighted by Gasteiger charge is 2.29. The molecule has 30 heavy (non-hydrogen) atoms. The lowest BCUT2D eigenvalue weighted by molar-refractivity contribution is 0.0185. The van der Waals surface area contributed by atoms with E-state index in [9.17, 15) is 17.6 Å². The second kappa shape index (κ2) is 7.95. The summed E-state index contributed by atoms with van der Waals surface area (Å²) in [5.41, 5.74) is -0.295. The molecule has 1 fully saturated rings. The molecular weight excluding hydrogens is 413 g/mol. The third kappa shape index (κ3) is 5.14. The average Bonchev–Trinajstić information content (AvgIpc) is 3.01. The number of likely N-dealkylation sites (tertiary alicyclic amines) is 1. The van der Waals surface area contributed by atoms with Crippen LogP contribution in [0.2, 0.25) is 0 Å². The van der Waals surface area contributed by atoms with Gasteiger partial charge in [-0.25, -0.2) is 32.4 Å². The third-order valence-electron chi connectivity index (χ3n) is 4.66. The van der Waals surface area contributed by atoms with E-state index in [4.69, 9.17) is 9.88 Å². The van der Waals surface area contributed by atoms with E-state index in [-0.39, 0.29) is 22.6 Å². The molecule has 0 bridgehead atoms. The fourth-order valence-corrected chi connectivity index (χ4v) is 3.93. The van der Waals surface area contributed by atoms with E-state index < -0.39 is 21.4 Å². The molecule has 1 aliphatic heterocycles. The number of aryl methyl sites for hydroxylation is 1. The van der Waals surface area contributed by atoms with Crippen LogP contribution in [0.25, 0.3) is 11.4 Å². The number of primary sulfonamides is 1. The molecule has 0 unspecified atom stereocenters. The summed E-state index contributed by atoms with van der Waals surface area (Å²) in [4.78, 5) is 18.0. The van der Waals surface area contributed by atoms with E-state index in [1.165, 1.54) is 12.1 Å². The Kier molecular flexibility index (Phi) is 5.87. The van der Waals surface area contributed by atoms with E-state index >= 15 is 0 Å². The number of nitrogens with two attached hydrogens (primary N) is 1. The lowest BCUT2D eigenvalue weighted by Crippen LogP contribution is -2.42. The molecule has 2 aromatic rings. The van der Waals surface area contributed by atoms with Crippen molar-refractivity contribution in [2.45, 2.75) is 57.1 Å². The number of hydrogen-bond acceptors (Lipinski definition) is 6. The topological polar surface area (TPSA) is 120 Å². The molecule has 2 N–H and O–H groups in total. The van der Waals surface area contributed by atoms with Crippen LogP contribution in [0.3, 0.4) is 0 Å². The Morgan fingerprint density at radius 3 is 2.43 bits per heavy atom. The van der Waals surface area contributed by atoms with Crippen LogP contribution in [0.15, 0.2) is 23.1 Å². The van der Waals surface area contributed by atoms with Gasteiger partial charge in [0.05, 0.1) is 10.9 Å². The second-order valence-electron chi connectivity index (χ2n) is 8.35. The molecule has 0 saturated carbocycles. The Morgan fingerprint density at radius 2 is 1.87 bits per heavy atom. The predicted octanol–water partition coefficient (Wildman–Crippen LogP) is 2.61. The number of carbonyl (C=O) groups excluding carboxylic acids is 1. The molecule has 164 valence electrons. The molecule has 9 nitrogen and oxygen atoms in total. The third-order valence-corrected chi connectivity index (χ3v) is 5.55. The molecule has 1 aromatic carbocycles. The summed E-state index contributed by atoms with van der Waals surface area (Å²) in [6.45, 7) is 8.10. The molecule has 2 heterocycles. The molecule has 3 rings (SSSR count). The summed E-state index contributed by atoms with van der Waals surface area (Å²) in [6.07, 6.45) is 0.845. The Bertz CT molecular complexity index is 1050.